The number of amides is 2. The molecule has 0 fully saturated rings. The standard InChI is InChI=1S/C18H26N2O3/c1-6-23-16(21)15-9-7-14(8-10-15)12-20-17(22)19-11-13(2)18(3,4)5/h7-11H,6,12H2,1-5H3,(H2,19,20,22)/b13-11+. The molecule has 126 valence electrons. The smallest absolute Gasteiger partial charge is 0.338 e. The van der Waals surface area contributed by atoms with Gasteiger partial charge in [-0.1, -0.05) is 38.5 Å². The van der Waals surface area contributed by atoms with E-state index >= 15 is 0 Å². The highest BCUT2D eigenvalue weighted by Gasteiger charge is 2.12. The van der Waals surface area contributed by atoms with E-state index in [0.717, 1.165) is 11.1 Å². The number of ether oxygens (including phenoxy) is 1. The van der Waals surface area contributed by atoms with Crippen LogP contribution in [0.4, 0.5) is 4.79 Å². The maximum atomic E-state index is 11.8. The minimum absolute atomic E-state index is 0.0240. The van der Waals surface area contributed by atoms with E-state index in [0.29, 0.717) is 18.7 Å². The van der Waals surface area contributed by atoms with Gasteiger partial charge in [-0.25, -0.2) is 9.59 Å². The summed E-state index contributed by atoms with van der Waals surface area (Å²) >= 11 is 0. The number of benzene rings is 1. The van der Waals surface area contributed by atoms with Crippen LogP contribution in [0.15, 0.2) is 36.0 Å². The molecule has 0 atom stereocenters. The Morgan fingerprint density at radius 1 is 1.17 bits per heavy atom. The molecule has 23 heavy (non-hydrogen) atoms. The lowest BCUT2D eigenvalue weighted by molar-refractivity contribution is 0.0526. The van der Waals surface area contributed by atoms with Crippen LogP contribution in [0.5, 0.6) is 0 Å². The van der Waals surface area contributed by atoms with Crippen LogP contribution in [0.3, 0.4) is 0 Å². The van der Waals surface area contributed by atoms with Crippen LogP contribution in [0.2, 0.25) is 0 Å². The van der Waals surface area contributed by atoms with E-state index < -0.39 is 0 Å². The van der Waals surface area contributed by atoms with E-state index in [1.54, 1.807) is 37.4 Å². The highest BCUT2D eigenvalue weighted by molar-refractivity contribution is 5.89. The van der Waals surface area contributed by atoms with E-state index in [1.807, 2.05) is 6.92 Å². The van der Waals surface area contributed by atoms with Crippen molar-refractivity contribution in [1.82, 2.24) is 10.6 Å². The van der Waals surface area contributed by atoms with Gasteiger partial charge in [-0.3, -0.25) is 0 Å². The molecule has 0 saturated heterocycles. The van der Waals surface area contributed by atoms with Gasteiger partial charge in [-0.15, -0.1) is 0 Å². The van der Waals surface area contributed by atoms with Crippen LogP contribution in [0, 0.1) is 5.41 Å². The SMILES string of the molecule is CCOC(=O)c1ccc(CNC(=O)N/C=C(\C)C(C)(C)C)cc1. The van der Waals surface area contributed by atoms with Crippen molar-refractivity contribution in [3.05, 3.63) is 47.2 Å². The number of allylic oxidation sites excluding steroid dienone is 1. The lowest BCUT2D eigenvalue weighted by Gasteiger charge is -2.19. The van der Waals surface area contributed by atoms with Crippen molar-refractivity contribution in [2.24, 2.45) is 5.41 Å². The Labute approximate surface area is 138 Å². The second-order valence-electron chi connectivity index (χ2n) is 6.32. The minimum atomic E-state index is -0.340. The summed E-state index contributed by atoms with van der Waals surface area (Å²) in [5, 5.41) is 5.49. The molecule has 1 aromatic carbocycles. The summed E-state index contributed by atoms with van der Waals surface area (Å²) in [6.45, 7) is 10.7. The lowest BCUT2D eigenvalue weighted by Crippen LogP contribution is -2.32. The Kier molecular flexibility index (Phi) is 6.82. The minimum Gasteiger partial charge on any atom is -0.462 e. The van der Waals surface area contributed by atoms with E-state index in [4.69, 9.17) is 4.74 Å². The molecule has 0 bridgehead atoms. The highest BCUT2D eigenvalue weighted by atomic mass is 16.5. The van der Waals surface area contributed by atoms with E-state index in [1.165, 1.54) is 0 Å². The first-order valence-corrected chi connectivity index (χ1v) is 7.71. The molecular weight excluding hydrogens is 292 g/mol. The zero-order valence-corrected chi connectivity index (χ0v) is 14.5. The first kappa shape index (κ1) is 18.7. The van der Waals surface area contributed by atoms with Gasteiger partial charge in [0.05, 0.1) is 12.2 Å². The first-order valence-electron chi connectivity index (χ1n) is 7.71. The molecule has 0 spiro atoms. The van der Waals surface area contributed by atoms with Crippen LogP contribution < -0.4 is 10.6 Å². The van der Waals surface area contributed by atoms with Crippen molar-refractivity contribution in [3.63, 3.8) is 0 Å². The van der Waals surface area contributed by atoms with Crippen LogP contribution in [-0.4, -0.2) is 18.6 Å². The van der Waals surface area contributed by atoms with E-state index in [-0.39, 0.29) is 17.4 Å². The summed E-state index contributed by atoms with van der Waals surface area (Å²) in [5.41, 5.74) is 2.52. The second kappa shape index (κ2) is 8.36. The summed E-state index contributed by atoms with van der Waals surface area (Å²) in [7, 11) is 0. The van der Waals surface area contributed by atoms with Gasteiger partial charge in [0.2, 0.25) is 0 Å². The Balaban J connectivity index is 2.49. The molecule has 0 aliphatic rings. The molecular formula is C18H26N2O3. The van der Waals surface area contributed by atoms with Crippen molar-refractivity contribution < 1.29 is 14.3 Å². The Hall–Kier alpha value is -2.30. The molecule has 5 heteroatoms. The maximum absolute atomic E-state index is 11.8. The average molecular weight is 318 g/mol. The van der Waals surface area contributed by atoms with Crippen molar-refractivity contribution in [2.75, 3.05) is 6.61 Å². The van der Waals surface area contributed by atoms with Crippen molar-refractivity contribution in [3.8, 4) is 0 Å². The molecule has 0 radical (unpaired) electrons. The molecule has 2 N–H and O–H groups in total. The largest absolute Gasteiger partial charge is 0.462 e. The Morgan fingerprint density at radius 3 is 2.30 bits per heavy atom. The summed E-state index contributed by atoms with van der Waals surface area (Å²) in [6, 6.07) is 6.71. The van der Waals surface area contributed by atoms with E-state index in [2.05, 4.69) is 31.4 Å². The quantitative estimate of drug-likeness (QED) is 0.815. The fraction of sp³-hybridized carbons (Fsp3) is 0.444. The molecule has 0 aliphatic carbocycles. The fourth-order valence-electron chi connectivity index (χ4n) is 1.60. The van der Waals surface area contributed by atoms with Gasteiger partial charge < -0.3 is 15.4 Å². The van der Waals surface area contributed by atoms with Gasteiger partial charge in [-0.05, 0) is 37.0 Å². The second-order valence-corrected chi connectivity index (χ2v) is 6.32. The van der Waals surface area contributed by atoms with Crippen LogP contribution in [0.1, 0.15) is 50.5 Å². The maximum Gasteiger partial charge on any atom is 0.338 e. The molecule has 0 heterocycles. The van der Waals surface area contributed by atoms with Crippen LogP contribution in [-0.2, 0) is 11.3 Å². The molecule has 1 aromatic rings. The lowest BCUT2D eigenvalue weighted by atomic mass is 9.88. The fourth-order valence-corrected chi connectivity index (χ4v) is 1.60. The molecule has 5 nitrogen and oxygen atoms in total. The summed E-state index contributed by atoms with van der Waals surface area (Å²) in [5.74, 6) is -0.340. The van der Waals surface area contributed by atoms with Gasteiger partial charge in [0.15, 0.2) is 0 Å². The molecule has 0 aliphatic heterocycles. The van der Waals surface area contributed by atoms with Crippen LogP contribution >= 0.6 is 0 Å². The van der Waals surface area contributed by atoms with Crippen molar-refractivity contribution >= 4 is 12.0 Å². The number of esters is 1. The number of nitrogens with one attached hydrogen (secondary N) is 2. The number of carbonyl (C=O) groups is 2. The first-order chi connectivity index (χ1) is 10.7. The third kappa shape index (κ3) is 6.55. The van der Waals surface area contributed by atoms with Gasteiger partial charge in [0.1, 0.15) is 0 Å². The van der Waals surface area contributed by atoms with Gasteiger partial charge in [0, 0.05) is 12.7 Å². The summed E-state index contributed by atoms with van der Waals surface area (Å²) in [6.07, 6.45) is 1.72. The predicted octanol–water partition coefficient (Wildman–Crippen LogP) is 3.61. The number of carbonyl (C=O) groups excluding carboxylic acids is 2. The Bertz CT molecular complexity index is 569. The van der Waals surface area contributed by atoms with Crippen molar-refractivity contribution in [2.45, 2.75) is 41.2 Å². The highest BCUT2D eigenvalue weighted by Crippen LogP contribution is 2.23. The van der Waals surface area contributed by atoms with Gasteiger partial charge in [-0.2, -0.15) is 0 Å². The monoisotopic (exact) mass is 318 g/mol. The third-order valence-corrected chi connectivity index (χ3v) is 3.52. The van der Waals surface area contributed by atoms with Crippen molar-refractivity contribution in [1.29, 1.82) is 0 Å². The Morgan fingerprint density at radius 2 is 1.78 bits per heavy atom. The normalized spacial score (nSPS) is 11.8. The number of urea groups is 1. The predicted molar refractivity (Wildman–Crippen MR) is 91.0 cm³/mol. The third-order valence-electron chi connectivity index (χ3n) is 3.52. The molecule has 0 aromatic heterocycles. The number of rotatable bonds is 5. The summed E-state index contributed by atoms with van der Waals surface area (Å²) in [4.78, 5) is 23.3. The molecule has 2 amide bonds. The van der Waals surface area contributed by atoms with E-state index in [9.17, 15) is 9.59 Å². The van der Waals surface area contributed by atoms with Gasteiger partial charge >= 0.3 is 12.0 Å². The zero-order chi connectivity index (χ0) is 17.5. The number of hydrogen-bond donors (Lipinski definition) is 2. The molecule has 0 unspecified atom stereocenters. The molecule has 1 rings (SSSR count). The zero-order valence-electron chi connectivity index (χ0n) is 14.5. The molecule has 0 saturated carbocycles. The van der Waals surface area contributed by atoms with Crippen LogP contribution in [0.25, 0.3) is 0 Å². The number of hydrogen-bond acceptors (Lipinski definition) is 3. The topological polar surface area (TPSA) is 67.4 Å². The van der Waals surface area contributed by atoms with Gasteiger partial charge in [0.25, 0.3) is 0 Å². The average Bonchev–Trinajstić information content (AvgIpc) is 2.50. The summed E-state index contributed by atoms with van der Waals surface area (Å²) < 4.78 is 4.92.